The quantitative estimate of drug-likeness (QED) is 0.112. The van der Waals surface area contributed by atoms with Crippen LogP contribution in [0.2, 0.25) is 0 Å². The highest BCUT2D eigenvalue weighted by Gasteiger charge is 2.56. The first kappa shape index (κ1) is 39.6. The fourth-order valence-corrected chi connectivity index (χ4v) is 6.37. The van der Waals surface area contributed by atoms with Crippen LogP contribution in [0.3, 0.4) is 0 Å². The third-order valence-corrected chi connectivity index (χ3v) is 9.05. The fraction of sp³-hybridized carbons (Fsp3) is 0.410. The minimum atomic E-state index is -4.52. The molecule has 1 aliphatic carbocycles. The van der Waals surface area contributed by atoms with E-state index >= 15 is 0 Å². The number of carbonyl (C=O) groups excluding carboxylic acids is 5. The van der Waals surface area contributed by atoms with E-state index in [2.05, 4.69) is 5.32 Å². The first-order valence-corrected chi connectivity index (χ1v) is 17.2. The van der Waals surface area contributed by atoms with Crippen LogP contribution >= 0.6 is 0 Å². The zero-order chi connectivity index (χ0) is 38.1. The SMILES string of the molecule is CCOC(=O)C(COC(=O)Cc1ccc(NC(=O)c2ccccc2-c2ccc(C(F)(F)F)cc2)c(C(=O)N(C)C)c1)(C(=O)OCC)C1CCCCC1. The molecular weight excluding hydrogens is 681 g/mol. The van der Waals surface area contributed by atoms with Gasteiger partial charge in [0, 0.05) is 19.7 Å². The number of carbonyl (C=O) groups is 5. The summed E-state index contributed by atoms with van der Waals surface area (Å²) in [5.74, 6) is -3.91. The molecule has 1 N–H and O–H groups in total. The van der Waals surface area contributed by atoms with Crippen LogP contribution in [0, 0.1) is 11.3 Å². The number of hydrogen-bond donors (Lipinski definition) is 1. The van der Waals surface area contributed by atoms with Crippen LogP contribution in [-0.4, -0.2) is 68.5 Å². The number of nitrogens with one attached hydrogen (secondary N) is 1. The molecule has 52 heavy (non-hydrogen) atoms. The third kappa shape index (κ3) is 9.17. The number of benzene rings is 3. The van der Waals surface area contributed by atoms with Gasteiger partial charge in [0.2, 0.25) is 5.41 Å². The molecule has 0 bridgehead atoms. The molecule has 1 fully saturated rings. The van der Waals surface area contributed by atoms with E-state index in [1.165, 1.54) is 55.4 Å². The number of rotatable bonds is 13. The lowest BCUT2D eigenvalue weighted by Crippen LogP contribution is -2.52. The van der Waals surface area contributed by atoms with Crippen LogP contribution in [0.25, 0.3) is 11.1 Å². The van der Waals surface area contributed by atoms with Crippen LogP contribution in [-0.2, 0) is 41.2 Å². The van der Waals surface area contributed by atoms with Gasteiger partial charge in [0.25, 0.3) is 11.8 Å². The molecule has 0 saturated heterocycles. The lowest BCUT2D eigenvalue weighted by molar-refractivity contribution is -0.185. The predicted octanol–water partition coefficient (Wildman–Crippen LogP) is 7.11. The van der Waals surface area contributed by atoms with Gasteiger partial charge in [-0.25, -0.2) is 0 Å². The number of hydrogen-bond acceptors (Lipinski definition) is 8. The van der Waals surface area contributed by atoms with E-state index in [1.807, 2.05) is 0 Å². The number of amides is 2. The summed E-state index contributed by atoms with van der Waals surface area (Å²) in [7, 11) is 3.04. The van der Waals surface area contributed by atoms with Crippen molar-refractivity contribution >= 4 is 35.4 Å². The van der Waals surface area contributed by atoms with Gasteiger partial charge in [-0.15, -0.1) is 0 Å². The Bertz CT molecular complexity index is 1750. The maximum Gasteiger partial charge on any atom is 0.416 e. The molecule has 2 amide bonds. The highest BCUT2D eigenvalue weighted by atomic mass is 19.4. The normalized spacial score (nSPS) is 13.5. The van der Waals surface area contributed by atoms with Gasteiger partial charge in [-0.1, -0.05) is 55.7 Å². The Balaban J connectivity index is 1.58. The lowest BCUT2D eigenvalue weighted by atomic mass is 9.69. The Morgan fingerprint density at radius 1 is 0.788 bits per heavy atom. The molecule has 0 radical (unpaired) electrons. The van der Waals surface area contributed by atoms with Gasteiger partial charge in [0.05, 0.1) is 36.4 Å². The number of anilines is 1. The topological polar surface area (TPSA) is 128 Å². The highest BCUT2D eigenvalue weighted by Crippen LogP contribution is 2.42. The molecule has 1 aliphatic rings. The van der Waals surface area contributed by atoms with Gasteiger partial charge in [-0.2, -0.15) is 13.2 Å². The van der Waals surface area contributed by atoms with Gasteiger partial charge >= 0.3 is 24.1 Å². The largest absolute Gasteiger partial charge is 0.465 e. The monoisotopic (exact) mass is 724 g/mol. The molecule has 10 nitrogen and oxygen atoms in total. The number of nitrogens with zero attached hydrogens (tertiary/aromatic N) is 1. The molecule has 3 aromatic rings. The first-order chi connectivity index (χ1) is 24.7. The molecule has 4 rings (SSSR count). The van der Waals surface area contributed by atoms with E-state index in [9.17, 15) is 37.1 Å². The number of alkyl halides is 3. The summed E-state index contributed by atoms with van der Waals surface area (Å²) in [5.41, 5.74) is -1.18. The van der Waals surface area contributed by atoms with Crippen LogP contribution in [0.5, 0.6) is 0 Å². The van der Waals surface area contributed by atoms with Crippen molar-refractivity contribution in [2.45, 2.75) is 58.5 Å². The van der Waals surface area contributed by atoms with Gasteiger partial charge in [0.15, 0.2) is 0 Å². The van der Waals surface area contributed by atoms with E-state index in [4.69, 9.17) is 14.2 Å². The summed E-state index contributed by atoms with van der Waals surface area (Å²) in [6, 6.07) is 15.2. The van der Waals surface area contributed by atoms with E-state index in [1.54, 1.807) is 32.0 Å². The molecule has 1 saturated carbocycles. The van der Waals surface area contributed by atoms with E-state index in [0.717, 1.165) is 31.4 Å². The molecule has 13 heteroatoms. The van der Waals surface area contributed by atoms with Crippen molar-refractivity contribution in [3.63, 3.8) is 0 Å². The molecule has 0 spiro atoms. The highest BCUT2D eigenvalue weighted by molar-refractivity contribution is 6.12. The fourth-order valence-electron chi connectivity index (χ4n) is 6.37. The molecular formula is C39H43F3N2O8. The second-order valence-corrected chi connectivity index (χ2v) is 12.7. The lowest BCUT2D eigenvalue weighted by Gasteiger charge is -2.37. The van der Waals surface area contributed by atoms with E-state index in [0.29, 0.717) is 29.5 Å². The minimum absolute atomic E-state index is 0.0207. The number of esters is 3. The zero-order valence-corrected chi connectivity index (χ0v) is 29.6. The predicted molar refractivity (Wildman–Crippen MR) is 186 cm³/mol. The van der Waals surface area contributed by atoms with Crippen molar-refractivity contribution in [3.8, 4) is 11.1 Å². The summed E-state index contributed by atoms with van der Waals surface area (Å²) in [6.45, 7) is 2.72. The van der Waals surface area contributed by atoms with Gasteiger partial charge in [0.1, 0.15) is 6.61 Å². The van der Waals surface area contributed by atoms with Crippen molar-refractivity contribution < 1.29 is 51.4 Å². The third-order valence-electron chi connectivity index (χ3n) is 9.05. The Morgan fingerprint density at radius 2 is 1.40 bits per heavy atom. The van der Waals surface area contributed by atoms with Crippen LogP contribution < -0.4 is 5.32 Å². The molecule has 278 valence electrons. The van der Waals surface area contributed by atoms with E-state index in [-0.39, 0.29) is 36.4 Å². The van der Waals surface area contributed by atoms with Crippen molar-refractivity contribution in [3.05, 3.63) is 89.0 Å². The van der Waals surface area contributed by atoms with E-state index < -0.39 is 59.4 Å². The Morgan fingerprint density at radius 3 is 1.98 bits per heavy atom. The average Bonchev–Trinajstić information content (AvgIpc) is 3.12. The standard InChI is InChI=1S/C39H43F3N2O8/c1-5-50-36(48)38(37(49)51-6-2,27-12-8-7-9-13-27)24-52-33(45)23-25-16-21-32(31(22-25)35(47)44(3)4)43-34(46)30-15-11-10-14-29(30)26-17-19-28(20-18-26)39(40,41)42/h10-11,14-22,27H,5-9,12-13,23-24H2,1-4H3,(H,43,46). The van der Waals surface area contributed by atoms with Gasteiger partial charge < -0.3 is 24.4 Å². The summed E-state index contributed by atoms with van der Waals surface area (Å²) >= 11 is 0. The zero-order valence-electron chi connectivity index (χ0n) is 29.6. The summed E-state index contributed by atoms with van der Waals surface area (Å²) < 4.78 is 55.7. The number of ether oxygens (including phenoxy) is 3. The smallest absolute Gasteiger partial charge is 0.416 e. The van der Waals surface area contributed by atoms with Crippen molar-refractivity contribution in [1.82, 2.24) is 4.90 Å². The summed E-state index contributed by atoms with van der Waals surface area (Å²) in [5, 5.41) is 2.73. The number of halogens is 3. The van der Waals surface area contributed by atoms with Gasteiger partial charge in [-0.3, -0.25) is 24.0 Å². The Labute approximate surface area is 300 Å². The average molecular weight is 725 g/mol. The molecule has 3 aromatic carbocycles. The molecule has 0 aliphatic heterocycles. The Kier molecular flexibility index (Phi) is 13.2. The van der Waals surface area contributed by atoms with Crippen molar-refractivity contribution in [2.24, 2.45) is 11.3 Å². The van der Waals surface area contributed by atoms with Crippen LogP contribution in [0.15, 0.2) is 66.7 Å². The summed E-state index contributed by atoms with van der Waals surface area (Å²) in [4.78, 5) is 68.2. The molecule has 0 atom stereocenters. The van der Waals surface area contributed by atoms with Crippen molar-refractivity contribution in [2.75, 3.05) is 39.2 Å². The van der Waals surface area contributed by atoms with Crippen molar-refractivity contribution in [1.29, 1.82) is 0 Å². The maximum atomic E-state index is 13.6. The summed E-state index contributed by atoms with van der Waals surface area (Å²) in [6.07, 6.45) is -1.17. The Hall–Kier alpha value is -5.20. The van der Waals surface area contributed by atoms with Gasteiger partial charge in [-0.05, 0) is 79.6 Å². The first-order valence-electron chi connectivity index (χ1n) is 17.2. The maximum absolute atomic E-state index is 13.6. The molecule has 0 unspecified atom stereocenters. The molecule has 0 heterocycles. The second-order valence-electron chi connectivity index (χ2n) is 12.7. The second kappa shape index (κ2) is 17.3. The van der Waals surface area contributed by atoms with Crippen LogP contribution in [0.1, 0.15) is 77.8 Å². The molecule has 0 aromatic heterocycles. The minimum Gasteiger partial charge on any atom is -0.465 e. The van der Waals surface area contributed by atoms with Crippen LogP contribution in [0.4, 0.5) is 18.9 Å².